The molecule has 7 heteroatoms. The summed E-state index contributed by atoms with van der Waals surface area (Å²) in [6.45, 7) is 2.52. The van der Waals surface area contributed by atoms with Gasteiger partial charge in [-0.05, 0) is 23.8 Å². The predicted molar refractivity (Wildman–Crippen MR) is 85.6 cm³/mol. The minimum Gasteiger partial charge on any atom is -0.370 e. The van der Waals surface area contributed by atoms with E-state index >= 15 is 0 Å². The number of pyridine rings is 1. The molecule has 1 aliphatic heterocycles. The number of nitrogens with two attached hydrogens (primary N) is 1. The summed E-state index contributed by atoms with van der Waals surface area (Å²) < 4.78 is 1.73. The standard InChI is InChI=1S/C14H18N6S/c15-14(19-6-8-21-9-7-19)17-11-12-2-4-16-13(10-12)20-5-1-3-18-20/h1-5,10H,6-9,11H2,(H2,15,17). The van der Waals surface area contributed by atoms with Gasteiger partial charge in [-0.15, -0.1) is 0 Å². The number of hydrogen-bond donors (Lipinski definition) is 1. The lowest BCUT2D eigenvalue weighted by atomic mass is 10.2. The summed E-state index contributed by atoms with van der Waals surface area (Å²) in [4.78, 5) is 10.9. The van der Waals surface area contributed by atoms with Gasteiger partial charge in [0, 0.05) is 43.2 Å². The van der Waals surface area contributed by atoms with E-state index in [2.05, 4.69) is 20.0 Å². The van der Waals surface area contributed by atoms with E-state index in [1.54, 1.807) is 17.1 Å². The highest BCUT2D eigenvalue weighted by atomic mass is 32.2. The Morgan fingerprint density at radius 1 is 1.33 bits per heavy atom. The summed E-state index contributed by atoms with van der Waals surface area (Å²) in [5, 5.41) is 4.18. The molecule has 21 heavy (non-hydrogen) atoms. The van der Waals surface area contributed by atoms with Crippen LogP contribution in [0.3, 0.4) is 0 Å². The van der Waals surface area contributed by atoms with Crippen LogP contribution in [0.25, 0.3) is 5.82 Å². The highest BCUT2D eigenvalue weighted by Gasteiger charge is 2.11. The molecule has 1 aliphatic rings. The maximum absolute atomic E-state index is 6.06. The lowest BCUT2D eigenvalue weighted by Crippen LogP contribution is -2.42. The van der Waals surface area contributed by atoms with Crippen molar-refractivity contribution >= 4 is 17.7 Å². The molecule has 0 spiro atoms. The number of aromatic nitrogens is 3. The molecule has 2 aromatic rings. The number of guanidine groups is 1. The van der Waals surface area contributed by atoms with Crippen LogP contribution >= 0.6 is 11.8 Å². The van der Waals surface area contributed by atoms with Crippen molar-refractivity contribution in [3.05, 3.63) is 42.4 Å². The smallest absolute Gasteiger partial charge is 0.191 e. The van der Waals surface area contributed by atoms with Gasteiger partial charge in [-0.1, -0.05) is 0 Å². The molecule has 3 rings (SSSR count). The summed E-state index contributed by atoms with van der Waals surface area (Å²) in [6, 6.07) is 5.81. The molecular formula is C14H18N6S. The summed E-state index contributed by atoms with van der Waals surface area (Å²) in [7, 11) is 0. The number of thioether (sulfide) groups is 1. The minimum atomic E-state index is 0.562. The Bertz CT molecular complexity index is 604. The SMILES string of the molecule is NC(=NCc1ccnc(-n2cccn2)c1)N1CCSCC1. The van der Waals surface area contributed by atoms with Gasteiger partial charge in [-0.25, -0.2) is 14.7 Å². The van der Waals surface area contributed by atoms with Gasteiger partial charge >= 0.3 is 0 Å². The highest BCUT2D eigenvalue weighted by molar-refractivity contribution is 7.99. The lowest BCUT2D eigenvalue weighted by Gasteiger charge is -2.27. The maximum Gasteiger partial charge on any atom is 0.191 e. The van der Waals surface area contributed by atoms with E-state index in [1.165, 1.54) is 0 Å². The molecule has 0 amide bonds. The van der Waals surface area contributed by atoms with Crippen molar-refractivity contribution in [3.8, 4) is 5.82 Å². The molecule has 0 bridgehead atoms. The fraction of sp³-hybridized carbons (Fsp3) is 0.357. The van der Waals surface area contributed by atoms with Gasteiger partial charge in [0.2, 0.25) is 0 Å². The van der Waals surface area contributed by atoms with Crippen LogP contribution in [0.5, 0.6) is 0 Å². The van der Waals surface area contributed by atoms with E-state index < -0.39 is 0 Å². The van der Waals surface area contributed by atoms with Crippen LogP contribution in [0, 0.1) is 0 Å². The first kappa shape index (κ1) is 13.9. The average molecular weight is 302 g/mol. The molecule has 0 radical (unpaired) electrons. The molecule has 0 saturated carbocycles. The third-order valence-corrected chi connectivity index (χ3v) is 4.25. The number of hydrogen-bond acceptors (Lipinski definition) is 4. The second-order valence-electron chi connectivity index (χ2n) is 4.75. The lowest BCUT2D eigenvalue weighted by molar-refractivity contribution is 0.455. The summed E-state index contributed by atoms with van der Waals surface area (Å²) in [5.41, 5.74) is 7.14. The third kappa shape index (κ3) is 3.55. The molecule has 1 fully saturated rings. The molecule has 0 unspecified atom stereocenters. The largest absolute Gasteiger partial charge is 0.370 e. The molecule has 0 aromatic carbocycles. The molecule has 110 valence electrons. The Morgan fingerprint density at radius 3 is 2.95 bits per heavy atom. The average Bonchev–Trinajstić information content (AvgIpc) is 3.08. The van der Waals surface area contributed by atoms with Gasteiger partial charge in [-0.3, -0.25) is 0 Å². The number of aliphatic imine (C=N–C) groups is 1. The maximum atomic E-state index is 6.06. The van der Waals surface area contributed by atoms with Gasteiger partial charge in [0.25, 0.3) is 0 Å². The van der Waals surface area contributed by atoms with Crippen molar-refractivity contribution in [3.63, 3.8) is 0 Å². The first-order chi connectivity index (χ1) is 10.3. The van der Waals surface area contributed by atoms with E-state index in [4.69, 9.17) is 5.73 Å². The topological polar surface area (TPSA) is 72.3 Å². The number of rotatable bonds is 3. The van der Waals surface area contributed by atoms with E-state index in [0.29, 0.717) is 12.5 Å². The summed E-state index contributed by atoms with van der Waals surface area (Å²) >= 11 is 1.96. The summed E-state index contributed by atoms with van der Waals surface area (Å²) in [5.74, 6) is 3.66. The van der Waals surface area contributed by atoms with Crippen LogP contribution in [0.2, 0.25) is 0 Å². The van der Waals surface area contributed by atoms with Crippen molar-refractivity contribution in [2.45, 2.75) is 6.54 Å². The van der Waals surface area contributed by atoms with E-state index in [1.807, 2.05) is 36.2 Å². The normalized spacial score (nSPS) is 16.2. The third-order valence-electron chi connectivity index (χ3n) is 3.31. The Kier molecular flexibility index (Phi) is 4.40. The van der Waals surface area contributed by atoms with Crippen molar-refractivity contribution in [1.29, 1.82) is 0 Å². The van der Waals surface area contributed by atoms with Gasteiger partial charge in [0.15, 0.2) is 11.8 Å². The Balaban J connectivity index is 1.68. The van der Waals surface area contributed by atoms with Gasteiger partial charge in [0.1, 0.15) is 0 Å². The zero-order valence-electron chi connectivity index (χ0n) is 11.7. The Labute approximate surface area is 128 Å². The highest BCUT2D eigenvalue weighted by Crippen LogP contribution is 2.10. The molecule has 0 atom stereocenters. The van der Waals surface area contributed by atoms with Crippen LogP contribution < -0.4 is 5.73 Å². The monoisotopic (exact) mass is 302 g/mol. The molecule has 3 heterocycles. The van der Waals surface area contributed by atoms with E-state index in [9.17, 15) is 0 Å². The quantitative estimate of drug-likeness (QED) is 0.680. The fourth-order valence-electron chi connectivity index (χ4n) is 2.15. The van der Waals surface area contributed by atoms with E-state index in [-0.39, 0.29) is 0 Å². The molecular weight excluding hydrogens is 284 g/mol. The zero-order valence-corrected chi connectivity index (χ0v) is 12.5. The van der Waals surface area contributed by atoms with E-state index in [0.717, 1.165) is 36.0 Å². The first-order valence-corrected chi connectivity index (χ1v) is 8.06. The fourth-order valence-corrected chi connectivity index (χ4v) is 3.06. The van der Waals surface area contributed by atoms with Crippen molar-refractivity contribution < 1.29 is 0 Å². The molecule has 1 saturated heterocycles. The molecule has 2 aromatic heterocycles. The second kappa shape index (κ2) is 6.62. The second-order valence-corrected chi connectivity index (χ2v) is 5.97. The van der Waals surface area contributed by atoms with Crippen LogP contribution in [-0.4, -0.2) is 50.2 Å². The summed E-state index contributed by atoms with van der Waals surface area (Å²) in [6.07, 6.45) is 5.38. The minimum absolute atomic E-state index is 0.562. The zero-order chi connectivity index (χ0) is 14.5. The Hall–Kier alpha value is -2.02. The first-order valence-electron chi connectivity index (χ1n) is 6.90. The van der Waals surface area contributed by atoms with Crippen LogP contribution in [-0.2, 0) is 6.54 Å². The van der Waals surface area contributed by atoms with Crippen LogP contribution in [0.4, 0.5) is 0 Å². The van der Waals surface area contributed by atoms with Crippen molar-refractivity contribution in [2.75, 3.05) is 24.6 Å². The van der Waals surface area contributed by atoms with Gasteiger partial charge < -0.3 is 10.6 Å². The van der Waals surface area contributed by atoms with Crippen LogP contribution in [0.1, 0.15) is 5.56 Å². The van der Waals surface area contributed by atoms with Crippen LogP contribution in [0.15, 0.2) is 41.8 Å². The van der Waals surface area contributed by atoms with Gasteiger partial charge in [-0.2, -0.15) is 16.9 Å². The molecule has 2 N–H and O–H groups in total. The predicted octanol–water partition coefficient (Wildman–Crippen LogP) is 1.13. The van der Waals surface area contributed by atoms with Crippen molar-refractivity contribution in [2.24, 2.45) is 10.7 Å². The molecule has 6 nitrogen and oxygen atoms in total. The van der Waals surface area contributed by atoms with Gasteiger partial charge in [0.05, 0.1) is 6.54 Å². The molecule has 0 aliphatic carbocycles. The van der Waals surface area contributed by atoms with Crippen molar-refractivity contribution in [1.82, 2.24) is 19.7 Å². The Morgan fingerprint density at radius 2 is 2.19 bits per heavy atom. The number of nitrogens with zero attached hydrogens (tertiary/aromatic N) is 5.